The molecule has 1 aromatic carbocycles. The van der Waals surface area contributed by atoms with E-state index in [-0.39, 0.29) is 48.2 Å². The van der Waals surface area contributed by atoms with E-state index in [0.717, 1.165) is 5.56 Å². The van der Waals surface area contributed by atoms with Crippen LogP contribution in [0.3, 0.4) is 0 Å². The largest absolute Gasteiger partial charge is 0.489 e. The third kappa shape index (κ3) is 9.86. The summed E-state index contributed by atoms with van der Waals surface area (Å²) in [6.45, 7) is 7.32. The van der Waals surface area contributed by atoms with E-state index in [4.69, 9.17) is 4.74 Å². The van der Waals surface area contributed by atoms with Crippen LogP contribution in [0.15, 0.2) is 47.6 Å². The van der Waals surface area contributed by atoms with Crippen LogP contribution in [0.4, 0.5) is 10.2 Å². The fourth-order valence-corrected chi connectivity index (χ4v) is 2.39. The number of hydrogen-bond donors (Lipinski definition) is 3. The Hall–Kier alpha value is -2.43. The molecule has 0 saturated heterocycles. The number of ether oxygens (including phenoxy) is 1. The molecule has 0 bridgehead atoms. The maximum Gasteiger partial charge on any atom is 0.227 e. The third-order valence-corrected chi connectivity index (χ3v) is 3.82. The zero-order valence-electron chi connectivity index (χ0n) is 17.4. The summed E-state index contributed by atoms with van der Waals surface area (Å²) in [6, 6.07) is 9.55. The maximum absolute atomic E-state index is 13.0. The first-order valence-electron chi connectivity index (χ1n) is 9.63. The Kier molecular flexibility index (Phi) is 11.7. The van der Waals surface area contributed by atoms with Crippen LogP contribution in [0, 0.1) is 12.7 Å². The normalized spacial score (nSPS) is 11.8. The van der Waals surface area contributed by atoms with Gasteiger partial charge in [0.2, 0.25) is 5.91 Å². The summed E-state index contributed by atoms with van der Waals surface area (Å²) < 4.78 is 18.7. The highest BCUT2D eigenvalue weighted by atomic mass is 127. The Bertz CT molecular complexity index is 800. The molecule has 0 aliphatic carbocycles. The van der Waals surface area contributed by atoms with Gasteiger partial charge in [0.05, 0.1) is 6.54 Å². The highest BCUT2D eigenvalue weighted by Gasteiger charge is 2.07. The Morgan fingerprint density at radius 1 is 1.20 bits per heavy atom. The van der Waals surface area contributed by atoms with Gasteiger partial charge in [-0.25, -0.2) is 14.4 Å². The topological polar surface area (TPSA) is 87.6 Å². The Balaban J connectivity index is 0.00000450. The number of aryl methyl sites for hydroxylation is 1. The predicted molar refractivity (Wildman–Crippen MR) is 128 cm³/mol. The molecule has 9 heteroatoms. The number of anilines is 1. The number of amides is 1. The second kappa shape index (κ2) is 13.7. The first kappa shape index (κ1) is 25.6. The summed E-state index contributed by atoms with van der Waals surface area (Å²) in [5.41, 5.74) is 1.04. The van der Waals surface area contributed by atoms with Gasteiger partial charge in [-0.1, -0.05) is 6.07 Å². The van der Waals surface area contributed by atoms with Gasteiger partial charge in [0.25, 0.3) is 0 Å². The maximum atomic E-state index is 13.0. The minimum Gasteiger partial charge on any atom is -0.489 e. The van der Waals surface area contributed by atoms with Crippen LogP contribution in [0.1, 0.15) is 25.8 Å². The molecule has 30 heavy (non-hydrogen) atoms. The van der Waals surface area contributed by atoms with E-state index in [1.54, 1.807) is 24.4 Å². The van der Waals surface area contributed by atoms with Gasteiger partial charge in [-0.15, -0.1) is 24.0 Å². The molecule has 3 N–H and O–H groups in total. The van der Waals surface area contributed by atoms with Crippen molar-refractivity contribution in [1.29, 1.82) is 0 Å². The van der Waals surface area contributed by atoms with Crippen LogP contribution >= 0.6 is 24.0 Å². The monoisotopic (exact) mass is 529 g/mol. The number of guanidine groups is 1. The van der Waals surface area contributed by atoms with Crippen molar-refractivity contribution >= 4 is 41.7 Å². The van der Waals surface area contributed by atoms with Gasteiger partial charge in [-0.05, 0) is 56.7 Å². The molecular formula is C21H29FIN5O2. The Morgan fingerprint density at radius 3 is 2.57 bits per heavy atom. The summed E-state index contributed by atoms with van der Waals surface area (Å²) in [4.78, 5) is 20.7. The van der Waals surface area contributed by atoms with Gasteiger partial charge in [-0.2, -0.15) is 0 Å². The van der Waals surface area contributed by atoms with Crippen LogP contribution in [0.2, 0.25) is 0 Å². The van der Waals surface area contributed by atoms with E-state index in [9.17, 15) is 9.18 Å². The van der Waals surface area contributed by atoms with Crippen molar-refractivity contribution in [2.45, 2.75) is 33.3 Å². The lowest BCUT2D eigenvalue weighted by molar-refractivity contribution is -0.116. The number of nitrogens with zero attached hydrogens (tertiary/aromatic N) is 2. The number of rotatable bonds is 9. The lowest BCUT2D eigenvalue weighted by Crippen LogP contribution is -2.39. The van der Waals surface area contributed by atoms with Gasteiger partial charge < -0.3 is 20.7 Å². The number of halogens is 2. The lowest BCUT2D eigenvalue weighted by Gasteiger charge is -2.15. The molecule has 2 rings (SSSR count). The molecule has 164 valence electrons. The molecule has 0 radical (unpaired) electrons. The van der Waals surface area contributed by atoms with E-state index >= 15 is 0 Å². The molecule has 1 aromatic heterocycles. The van der Waals surface area contributed by atoms with Crippen molar-refractivity contribution < 1.29 is 13.9 Å². The molecule has 1 heterocycles. The van der Waals surface area contributed by atoms with E-state index in [1.165, 1.54) is 12.1 Å². The van der Waals surface area contributed by atoms with Gasteiger partial charge in [-0.3, -0.25) is 4.79 Å². The fraction of sp³-hybridized carbons (Fsp3) is 0.381. The Labute approximate surface area is 193 Å². The summed E-state index contributed by atoms with van der Waals surface area (Å²) >= 11 is 0. The number of aromatic nitrogens is 1. The van der Waals surface area contributed by atoms with E-state index < -0.39 is 0 Å². The van der Waals surface area contributed by atoms with Crippen molar-refractivity contribution in [1.82, 2.24) is 15.6 Å². The fourth-order valence-electron chi connectivity index (χ4n) is 2.39. The van der Waals surface area contributed by atoms with E-state index in [0.29, 0.717) is 37.2 Å². The minimum atomic E-state index is -0.302. The first-order chi connectivity index (χ1) is 14.0. The zero-order chi connectivity index (χ0) is 21.1. The van der Waals surface area contributed by atoms with Crippen molar-refractivity contribution in [3.8, 4) is 5.75 Å². The van der Waals surface area contributed by atoms with Crippen LogP contribution in [0.25, 0.3) is 0 Å². The number of carbonyl (C=O) groups excluding carboxylic acids is 1. The molecule has 0 fully saturated rings. The molecule has 0 saturated carbocycles. The summed E-state index contributed by atoms with van der Waals surface area (Å²) in [5, 5.41) is 9.01. The highest BCUT2D eigenvalue weighted by Crippen LogP contribution is 2.13. The SMILES string of the molecule is CCNC(=NCC(C)Oc1ccc(F)cc1)NCCC(=O)Nc1ccc(C)cn1.I. The molecule has 1 amide bonds. The molecule has 0 aliphatic rings. The standard InChI is InChI=1S/C21H28FN5O2.HI/c1-4-23-21(26-14-16(3)29-18-8-6-17(22)7-9-18)24-12-11-20(28)27-19-10-5-15(2)13-25-19;/h5-10,13,16H,4,11-12,14H2,1-3H3,(H2,23,24,26)(H,25,27,28);1H. The average molecular weight is 529 g/mol. The van der Waals surface area contributed by atoms with Crippen LogP contribution in [-0.2, 0) is 4.79 Å². The second-order valence-electron chi connectivity index (χ2n) is 6.55. The van der Waals surface area contributed by atoms with Gasteiger partial charge in [0, 0.05) is 25.7 Å². The van der Waals surface area contributed by atoms with Crippen molar-refractivity contribution in [3.05, 3.63) is 54.0 Å². The smallest absolute Gasteiger partial charge is 0.227 e. The molecule has 1 atom stereocenters. The van der Waals surface area contributed by atoms with Crippen LogP contribution in [-0.4, -0.2) is 42.6 Å². The molecule has 1 unspecified atom stereocenters. The lowest BCUT2D eigenvalue weighted by atomic mass is 10.3. The number of pyridine rings is 1. The Morgan fingerprint density at radius 2 is 1.93 bits per heavy atom. The minimum absolute atomic E-state index is 0. The van der Waals surface area contributed by atoms with Crippen molar-refractivity contribution in [2.75, 3.05) is 25.0 Å². The summed E-state index contributed by atoms with van der Waals surface area (Å²) in [5.74, 6) is 1.30. The van der Waals surface area contributed by atoms with E-state index in [1.807, 2.05) is 26.8 Å². The molecular weight excluding hydrogens is 500 g/mol. The number of nitrogens with one attached hydrogen (secondary N) is 3. The van der Waals surface area contributed by atoms with Crippen LogP contribution < -0.4 is 20.7 Å². The predicted octanol–water partition coefficient (Wildman–Crippen LogP) is 3.50. The molecule has 0 spiro atoms. The molecule has 7 nitrogen and oxygen atoms in total. The third-order valence-electron chi connectivity index (χ3n) is 3.82. The highest BCUT2D eigenvalue weighted by molar-refractivity contribution is 14.0. The quantitative estimate of drug-likeness (QED) is 0.263. The summed E-state index contributed by atoms with van der Waals surface area (Å²) in [7, 11) is 0. The number of benzene rings is 1. The van der Waals surface area contributed by atoms with Crippen LogP contribution in [0.5, 0.6) is 5.75 Å². The second-order valence-corrected chi connectivity index (χ2v) is 6.55. The zero-order valence-corrected chi connectivity index (χ0v) is 19.8. The van der Waals surface area contributed by atoms with Crippen molar-refractivity contribution in [2.24, 2.45) is 4.99 Å². The molecule has 0 aliphatic heterocycles. The average Bonchev–Trinajstić information content (AvgIpc) is 2.69. The number of aliphatic imine (C=N–C) groups is 1. The van der Waals surface area contributed by atoms with Gasteiger partial charge in [0.1, 0.15) is 23.5 Å². The number of hydrogen-bond acceptors (Lipinski definition) is 4. The molecule has 2 aromatic rings. The number of carbonyl (C=O) groups is 1. The van der Waals surface area contributed by atoms with Gasteiger partial charge in [0.15, 0.2) is 5.96 Å². The van der Waals surface area contributed by atoms with E-state index in [2.05, 4.69) is 25.9 Å². The van der Waals surface area contributed by atoms with Crippen molar-refractivity contribution in [3.63, 3.8) is 0 Å². The van der Waals surface area contributed by atoms with Gasteiger partial charge >= 0.3 is 0 Å². The summed E-state index contributed by atoms with van der Waals surface area (Å²) in [6.07, 6.45) is 1.80. The first-order valence-corrected chi connectivity index (χ1v) is 9.63.